The molecule has 96 valence electrons. The molecule has 0 fully saturated rings. The molecule has 2 rings (SSSR count). The molecule has 0 spiro atoms. The second-order valence-corrected chi connectivity index (χ2v) is 6.12. The van der Waals surface area contributed by atoms with E-state index in [0.717, 1.165) is 25.6 Å². The molecule has 0 amide bonds. The van der Waals surface area contributed by atoms with Crippen molar-refractivity contribution in [3.63, 3.8) is 0 Å². The normalized spacial score (nSPS) is 19.9. The zero-order valence-corrected chi connectivity index (χ0v) is 12.0. The Hall–Kier alpha value is -0.380. The van der Waals surface area contributed by atoms with E-state index in [2.05, 4.69) is 42.4 Å². The highest BCUT2D eigenvalue weighted by atomic mass is 32.1. The maximum Gasteiger partial charge on any atom is 0.0247 e. The van der Waals surface area contributed by atoms with Gasteiger partial charge in [0.05, 0.1) is 0 Å². The van der Waals surface area contributed by atoms with Crippen molar-refractivity contribution in [2.45, 2.75) is 39.8 Å². The van der Waals surface area contributed by atoms with Gasteiger partial charge in [-0.15, -0.1) is 11.3 Å². The fraction of sp³-hybridized carbons (Fsp3) is 0.714. The predicted molar refractivity (Wildman–Crippen MR) is 75.6 cm³/mol. The van der Waals surface area contributed by atoms with E-state index in [4.69, 9.17) is 0 Å². The molecule has 0 radical (unpaired) electrons. The van der Waals surface area contributed by atoms with E-state index in [1.807, 2.05) is 11.3 Å². The van der Waals surface area contributed by atoms with Gasteiger partial charge in [0.25, 0.3) is 0 Å². The molecule has 2 nitrogen and oxygen atoms in total. The second-order valence-electron chi connectivity index (χ2n) is 5.12. The van der Waals surface area contributed by atoms with Crippen LogP contribution >= 0.6 is 11.3 Å². The van der Waals surface area contributed by atoms with Crippen molar-refractivity contribution in [3.05, 3.63) is 21.9 Å². The largest absolute Gasteiger partial charge is 0.317 e. The molecule has 0 bridgehead atoms. The third kappa shape index (κ3) is 3.09. The van der Waals surface area contributed by atoms with Crippen molar-refractivity contribution in [1.29, 1.82) is 0 Å². The van der Waals surface area contributed by atoms with Crippen LogP contribution in [0.4, 0.5) is 0 Å². The molecule has 2 atom stereocenters. The van der Waals surface area contributed by atoms with Gasteiger partial charge in [-0.1, -0.05) is 13.8 Å². The monoisotopic (exact) mass is 252 g/mol. The average molecular weight is 252 g/mol. The van der Waals surface area contributed by atoms with Crippen LogP contribution in [0.2, 0.25) is 0 Å². The van der Waals surface area contributed by atoms with Crippen LogP contribution in [-0.2, 0) is 13.0 Å². The van der Waals surface area contributed by atoms with Gasteiger partial charge in [0.2, 0.25) is 0 Å². The molecule has 2 unspecified atom stereocenters. The first kappa shape index (κ1) is 13.1. The quantitative estimate of drug-likeness (QED) is 0.867. The molecule has 1 N–H and O–H groups in total. The predicted octanol–water partition coefficient (Wildman–Crippen LogP) is 2.74. The molecule has 0 saturated carbocycles. The van der Waals surface area contributed by atoms with Crippen LogP contribution in [-0.4, -0.2) is 30.6 Å². The minimum Gasteiger partial charge on any atom is -0.317 e. The molecular weight excluding hydrogens is 228 g/mol. The third-order valence-electron chi connectivity index (χ3n) is 3.95. The minimum atomic E-state index is 0.669. The number of hydrogen-bond acceptors (Lipinski definition) is 3. The summed E-state index contributed by atoms with van der Waals surface area (Å²) in [6.07, 6.45) is 1.24. The Bertz CT molecular complexity index is 348. The van der Waals surface area contributed by atoms with E-state index in [9.17, 15) is 0 Å². The van der Waals surface area contributed by atoms with E-state index in [0.29, 0.717) is 6.04 Å². The van der Waals surface area contributed by atoms with Gasteiger partial charge in [0.15, 0.2) is 0 Å². The topological polar surface area (TPSA) is 15.3 Å². The summed E-state index contributed by atoms with van der Waals surface area (Å²) in [6.45, 7) is 11.5. The fourth-order valence-electron chi connectivity index (χ4n) is 2.52. The maximum absolute atomic E-state index is 3.46. The lowest BCUT2D eigenvalue weighted by molar-refractivity contribution is 0.145. The Morgan fingerprint density at radius 3 is 3.06 bits per heavy atom. The van der Waals surface area contributed by atoms with Crippen molar-refractivity contribution in [3.8, 4) is 0 Å². The van der Waals surface area contributed by atoms with E-state index >= 15 is 0 Å². The van der Waals surface area contributed by atoms with Gasteiger partial charge < -0.3 is 5.32 Å². The first-order valence-electron chi connectivity index (χ1n) is 6.72. The van der Waals surface area contributed by atoms with Crippen molar-refractivity contribution < 1.29 is 0 Å². The number of thiophene rings is 1. The van der Waals surface area contributed by atoms with Crippen LogP contribution in [0.5, 0.6) is 0 Å². The van der Waals surface area contributed by atoms with Crippen LogP contribution in [0, 0.1) is 5.92 Å². The van der Waals surface area contributed by atoms with Crippen LogP contribution in [0.1, 0.15) is 31.2 Å². The lowest BCUT2D eigenvalue weighted by atomic mass is 9.99. The summed E-state index contributed by atoms with van der Waals surface area (Å²) in [7, 11) is 0. The molecule has 1 aliphatic rings. The molecule has 0 aromatic carbocycles. The van der Waals surface area contributed by atoms with Gasteiger partial charge in [-0.25, -0.2) is 0 Å². The van der Waals surface area contributed by atoms with E-state index < -0.39 is 0 Å². The summed E-state index contributed by atoms with van der Waals surface area (Å²) in [4.78, 5) is 4.24. The highest BCUT2D eigenvalue weighted by molar-refractivity contribution is 7.10. The molecule has 0 saturated heterocycles. The van der Waals surface area contributed by atoms with Gasteiger partial charge in [-0.2, -0.15) is 0 Å². The van der Waals surface area contributed by atoms with Gasteiger partial charge in [-0.05, 0) is 49.4 Å². The fourth-order valence-corrected chi connectivity index (χ4v) is 3.41. The molecule has 1 aliphatic heterocycles. The number of nitrogens with zero attached hydrogens (tertiary/aromatic N) is 1. The first-order chi connectivity index (χ1) is 8.22. The Kier molecular flexibility index (Phi) is 4.60. The highest BCUT2D eigenvalue weighted by Gasteiger charge is 2.24. The maximum atomic E-state index is 3.46. The van der Waals surface area contributed by atoms with Crippen LogP contribution < -0.4 is 5.32 Å². The third-order valence-corrected chi connectivity index (χ3v) is 4.98. The molecule has 3 heteroatoms. The zero-order chi connectivity index (χ0) is 12.3. The average Bonchev–Trinajstić information content (AvgIpc) is 2.81. The van der Waals surface area contributed by atoms with Crippen LogP contribution in [0.25, 0.3) is 0 Å². The van der Waals surface area contributed by atoms with E-state index in [1.54, 1.807) is 10.4 Å². The summed E-state index contributed by atoms with van der Waals surface area (Å²) < 4.78 is 0. The Balaban J connectivity index is 1.91. The number of hydrogen-bond donors (Lipinski definition) is 1. The van der Waals surface area contributed by atoms with Crippen molar-refractivity contribution in [2.24, 2.45) is 5.92 Å². The van der Waals surface area contributed by atoms with Crippen LogP contribution in [0.15, 0.2) is 11.4 Å². The summed E-state index contributed by atoms with van der Waals surface area (Å²) in [5, 5.41) is 5.69. The zero-order valence-electron chi connectivity index (χ0n) is 11.2. The van der Waals surface area contributed by atoms with Crippen molar-refractivity contribution in [2.75, 3.05) is 19.6 Å². The lowest BCUT2D eigenvalue weighted by Gasteiger charge is -2.36. The standard InChI is InChI=1S/C14H24N2S/c1-4-15-9-11(2)12(3)16-7-5-14-13(10-16)6-8-17-14/h6,8,11-12,15H,4-5,7,9-10H2,1-3H3. The Morgan fingerprint density at radius 2 is 2.29 bits per heavy atom. The number of fused-ring (bicyclic) bond motifs is 1. The van der Waals surface area contributed by atoms with E-state index in [1.165, 1.54) is 13.0 Å². The lowest BCUT2D eigenvalue weighted by Crippen LogP contribution is -2.43. The van der Waals surface area contributed by atoms with Gasteiger partial charge in [-0.3, -0.25) is 4.90 Å². The van der Waals surface area contributed by atoms with Gasteiger partial charge >= 0.3 is 0 Å². The number of nitrogens with one attached hydrogen (secondary N) is 1. The van der Waals surface area contributed by atoms with Gasteiger partial charge in [0.1, 0.15) is 0 Å². The SMILES string of the molecule is CCNCC(C)C(C)N1CCc2sccc2C1. The van der Waals surface area contributed by atoms with Crippen molar-refractivity contribution in [1.82, 2.24) is 10.2 Å². The van der Waals surface area contributed by atoms with Crippen LogP contribution in [0.3, 0.4) is 0 Å². The first-order valence-corrected chi connectivity index (χ1v) is 7.60. The summed E-state index contributed by atoms with van der Waals surface area (Å²) in [6, 6.07) is 2.97. The number of rotatable bonds is 5. The van der Waals surface area contributed by atoms with E-state index in [-0.39, 0.29) is 0 Å². The summed E-state index contributed by atoms with van der Waals surface area (Å²) in [5.41, 5.74) is 1.56. The molecule has 1 aromatic heterocycles. The summed E-state index contributed by atoms with van der Waals surface area (Å²) >= 11 is 1.92. The van der Waals surface area contributed by atoms with Gasteiger partial charge in [0, 0.05) is 24.0 Å². The summed E-state index contributed by atoms with van der Waals surface area (Å²) in [5.74, 6) is 0.718. The molecule has 2 heterocycles. The minimum absolute atomic E-state index is 0.669. The molecule has 0 aliphatic carbocycles. The Labute approximate surface area is 109 Å². The smallest absolute Gasteiger partial charge is 0.0247 e. The second kappa shape index (κ2) is 5.98. The highest BCUT2D eigenvalue weighted by Crippen LogP contribution is 2.26. The van der Waals surface area contributed by atoms with Crippen molar-refractivity contribution >= 4 is 11.3 Å². The Morgan fingerprint density at radius 1 is 1.47 bits per heavy atom. The molecule has 1 aromatic rings. The molecule has 17 heavy (non-hydrogen) atoms. The molecular formula is C14H24N2S.